The van der Waals surface area contributed by atoms with Crippen LogP contribution in [-0.4, -0.2) is 31.1 Å². The molecule has 1 aromatic rings. The second-order valence-electron chi connectivity index (χ2n) is 4.31. The van der Waals surface area contributed by atoms with Crippen LogP contribution in [0.5, 0.6) is 5.75 Å². The third kappa shape index (κ3) is 3.36. The first kappa shape index (κ1) is 12.2. The molecular formula is C13H15ClN2O. The first-order valence-corrected chi connectivity index (χ1v) is 6.11. The predicted molar refractivity (Wildman–Crippen MR) is 67.3 cm³/mol. The van der Waals surface area contributed by atoms with Gasteiger partial charge in [-0.15, -0.1) is 0 Å². The van der Waals surface area contributed by atoms with Gasteiger partial charge in [0, 0.05) is 18.7 Å². The highest BCUT2D eigenvalue weighted by molar-refractivity contribution is 6.31. The maximum absolute atomic E-state index is 8.74. The van der Waals surface area contributed by atoms with Gasteiger partial charge in [0.2, 0.25) is 0 Å². The number of rotatable bonds is 5. The van der Waals surface area contributed by atoms with Crippen LogP contribution in [0.2, 0.25) is 5.02 Å². The molecule has 0 atom stereocenters. The van der Waals surface area contributed by atoms with Crippen LogP contribution in [0.15, 0.2) is 18.2 Å². The molecule has 1 aliphatic rings. The molecule has 1 saturated carbocycles. The van der Waals surface area contributed by atoms with Gasteiger partial charge < -0.3 is 9.64 Å². The standard InChI is InChI=1S/C13H15ClN2O/c1-16(11-3-4-11)6-7-17-12-5-2-10(9-15)13(14)8-12/h2,5,8,11H,3-4,6-7H2,1H3. The predicted octanol–water partition coefficient (Wildman–Crippen LogP) is 2.68. The fourth-order valence-corrected chi connectivity index (χ4v) is 1.89. The van der Waals surface area contributed by atoms with E-state index in [0.29, 0.717) is 17.2 Å². The third-order valence-electron chi connectivity index (χ3n) is 2.94. The van der Waals surface area contributed by atoms with E-state index < -0.39 is 0 Å². The van der Waals surface area contributed by atoms with Gasteiger partial charge in [-0.1, -0.05) is 11.6 Å². The highest BCUT2D eigenvalue weighted by Gasteiger charge is 2.25. The number of likely N-dealkylation sites (N-methyl/N-ethyl adjacent to an activating group) is 1. The Morgan fingerprint density at radius 1 is 1.53 bits per heavy atom. The molecule has 0 N–H and O–H groups in total. The van der Waals surface area contributed by atoms with Gasteiger partial charge in [0.05, 0.1) is 10.6 Å². The molecule has 4 heteroatoms. The summed E-state index contributed by atoms with van der Waals surface area (Å²) in [6, 6.07) is 7.93. The number of ether oxygens (including phenoxy) is 1. The maximum atomic E-state index is 8.74. The van der Waals surface area contributed by atoms with Crippen LogP contribution in [0.25, 0.3) is 0 Å². The molecule has 0 amide bonds. The summed E-state index contributed by atoms with van der Waals surface area (Å²) in [5.41, 5.74) is 0.481. The molecule has 0 bridgehead atoms. The number of hydrogen-bond acceptors (Lipinski definition) is 3. The van der Waals surface area contributed by atoms with Gasteiger partial charge in [-0.05, 0) is 32.0 Å². The molecule has 0 radical (unpaired) electrons. The van der Waals surface area contributed by atoms with Crippen molar-refractivity contribution in [2.75, 3.05) is 20.2 Å². The average Bonchev–Trinajstić information content (AvgIpc) is 3.13. The Morgan fingerprint density at radius 2 is 2.29 bits per heavy atom. The van der Waals surface area contributed by atoms with Crippen molar-refractivity contribution >= 4 is 11.6 Å². The molecule has 0 spiro atoms. The summed E-state index contributed by atoms with van der Waals surface area (Å²) >= 11 is 5.92. The molecule has 1 aliphatic carbocycles. The first-order valence-electron chi connectivity index (χ1n) is 5.73. The summed E-state index contributed by atoms with van der Waals surface area (Å²) in [7, 11) is 2.12. The third-order valence-corrected chi connectivity index (χ3v) is 3.26. The van der Waals surface area contributed by atoms with Gasteiger partial charge in [-0.3, -0.25) is 0 Å². The molecule has 0 unspecified atom stereocenters. The van der Waals surface area contributed by atoms with E-state index in [9.17, 15) is 0 Å². The summed E-state index contributed by atoms with van der Waals surface area (Å²) in [6.07, 6.45) is 2.61. The summed E-state index contributed by atoms with van der Waals surface area (Å²) in [6.45, 7) is 1.57. The normalized spacial score (nSPS) is 14.7. The first-order chi connectivity index (χ1) is 8.20. The molecule has 0 heterocycles. The Hall–Kier alpha value is -1.24. The van der Waals surface area contributed by atoms with E-state index in [1.807, 2.05) is 6.07 Å². The summed E-state index contributed by atoms with van der Waals surface area (Å²) < 4.78 is 5.60. The molecule has 90 valence electrons. The Balaban J connectivity index is 1.82. The van der Waals surface area contributed by atoms with Crippen molar-refractivity contribution < 1.29 is 4.74 Å². The fourth-order valence-electron chi connectivity index (χ4n) is 1.68. The zero-order chi connectivity index (χ0) is 12.3. The Morgan fingerprint density at radius 3 is 2.88 bits per heavy atom. The lowest BCUT2D eigenvalue weighted by atomic mass is 10.2. The maximum Gasteiger partial charge on any atom is 0.120 e. The van der Waals surface area contributed by atoms with Gasteiger partial charge >= 0.3 is 0 Å². The topological polar surface area (TPSA) is 36.3 Å². The van der Waals surface area contributed by atoms with Crippen LogP contribution in [-0.2, 0) is 0 Å². The number of nitrogens with zero attached hydrogens (tertiary/aromatic N) is 2. The van der Waals surface area contributed by atoms with Gasteiger partial charge in [0.1, 0.15) is 18.4 Å². The van der Waals surface area contributed by atoms with Crippen LogP contribution in [0.3, 0.4) is 0 Å². The SMILES string of the molecule is CN(CCOc1ccc(C#N)c(Cl)c1)C1CC1. The van der Waals surface area contributed by atoms with E-state index in [2.05, 4.69) is 11.9 Å². The Labute approximate surface area is 107 Å². The average molecular weight is 251 g/mol. The summed E-state index contributed by atoms with van der Waals surface area (Å²) in [5, 5.41) is 9.19. The van der Waals surface area contributed by atoms with Crippen LogP contribution < -0.4 is 4.74 Å². The molecule has 1 fully saturated rings. The fraction of sp³-hybridized carbons (Fsp3) is 0.462. The molecule has 3 nitrogen and oxygen atoms in total. The molecule has 0 saturated heterocycles. The van der Waals surface area contributed by atoms with Crippen molar-refractivity contribution in [1.82, 2.24) is 4.90 Å². The van der Waals surface area contributed by atoms with Crippen LogP contribution in [0.1, 0.15) is 18.4 Å². The minimum absolute atomic E-state index is 0.445. The molecule has 1 aromatic carbocycles. The summed E-state index contributed by atoms with van der Waals surface area (Å²) in [4.78, 5) is 2.31. The second kappa shape index (κ2) is 5.39. The number of hydrogen-bond donors (Lipinski definition) is 0. The molecule has 0 aliphatic heterocycles. The second-order valence-corrected chi connectivity index (χ2v) is 4.72. The van der Waals surface area contributed by atoms with Gasteiger partial charge in [0.15, 0.2) is 0 Å². The van der Waals surface area contributed by atoms with Crippen LogP contribution >= 0.6 is 11.6 Å². The Kier molecular flexibility index (Phi) is 3.88. The zero-order valence-corrected chi connectivity index (χ0v) is 10.6. The lowest BCUT2D eigenvalue weighted by Gasteiger charge is -2.15. The summed E-state index contributed by atoms with van der Waals surface area (Å²) in [5.74, 6) is 0.721. The molecular weight excluding hydrogens is 236 g/mol. The van der Waals surface area contributed by atoms with Crippen molar-refractivity contribution in [3.63, 3.8) is 0 Å². The van der Waals surface area contributed by atoms with Crippen molar-refractivity contribution in [2.45, 2.75) is 18.9 Å². The van der Waals surface area contributed by atoms with Crippen LogP contribution in [0.4, 0.5) is 0 Å². The largest absolute Gasteiger partial charge is 0.492 e. The lowest BCUT2D eigenvalue weighted by Crippen LogP contribution is -2.26. The zero-order valence-electron chi connectivity index (χ0n) is 9.82. The van der Waals surface area contributed by atoms with E-state index >= 15 is 0 Å². The number of benzene rings is 1. The molecule has 2 rings (SSSR count). The van der Waals surface area contributed by atoms with E-state index in [-0.39, 0.29) is 0 Å². The van der Waals surface area contributed by atoms with E-state index in [0.717, 1.165) is 18.3 Å². The van der Waals surface area contributed by atoms with Gasteiger partial charge in [-0.2, -0.15) is 5.26 Å². The lowest BCUT2D eigenvalue weighted by molar-refractivity contribution is 0.232. The molecule has 17 heavy (non-hydrogen) atoms. The van der Waals surface area contributed by atoms with Gasteiger partial charge in [0.25, 0.3) is 0 Å². The van der Waals surface area contributed by atoms with Crippen molar-refractivity contribution in [3.8, 4) is 11.8 Å². The van der Waals surface area contributed by atoms with Gasteiger partial charge in [-0.25, -0.2) is 0 Å². The van der Waals surface area contributed by atoms with E-state index in [4.69, 9.17) is 21.6 Å². The minimum atomic E-state index is 0.445. The quantitative estimate of drug-likeness (QED) is 0.806. The Bertz CT molecular complexity index is 438. The number of nitriles is 1. The highest BCUT2D eigenvalue weighted by atomic mass is 35.5. The van der Waals surface area contributed by atoms with E-state index in [1.165, 1.54) is 12.8 Å². The highest BCUT2D eigenvalue weighted by Crippen LogP contribution is 2.25. The number of halogens is 1. The van der Waals surface area contributed by atoms with Crippen LogP contribution in [0, 0.1) is 11.3 Å². The van der Waals surface area contributed by atoms with Crippen molar-refractivity contribution in [1.29, 1.82) is 5.26 Å². The van der Waals surface area contributed by atoms with E-state index in [1.54, 1.807) is 18.2 Å². The van der Waals surface area contributed by atoms with Crippen molar-refractivity contribution in [3.05, 3.63) is 28.8 Å². The minimum Gasteiger partial charge on any atom is -0.492 e. The smallest absolute Gasteiger partial charge is 0.120 e. The molecule has 0 aromatic heterocycles. The van der Waals surface area contributed by atoms with Crippen molar-refractivity contribution in [2.24, 2.45) is 0 Å². The monoisotopic (exact) mass is 250 g/mol.